The molecule has 4 aromatic rings. The molecular weight excluding hydrogens is 891 g/mol. The Balaban J connectivity index is 1.50. The van der Waals surface area contributed by atoms with Crippen LogP contribution in [0.4, 0.5) is 52.7 Å². The van der Waals surface area contributed by atoms with Crippen LogP contribution in [0.1, 0.15) is 51.9 Å². The third kappa shape index (κ3) is 6.45. The fourth-order valence-corrected chi connectivity index (χ4v) is 41.6. The molecule has 0 bridgehead atoms. The van der Waals surface area contributed by atoms with Crippen LogP contribution in [0.2, 0.25) is 22.5 Å². The molecule has 0 fully saturated rings. The number of hydrogen-bond donors (Lipinski definition) is 0. The van der Waals surface area contributed by atoms with Crippen molar-refractivity contribution in [1.29, 1.82) is 0 Å². The minimum absolute atomic E-state index is 0.0879. The number of halogens is 12. The number of allylic oxidation sites excluding steroid dienone is 2. The maximum absolute atomic E-state index is 13.8. The third-order valence-corrected chi connectivity index (χ3v) is 70.8. The van der Waals surface area contributed by atoms with Gasteiger partial charge in [0.2, 0.25) is 0 Å². The molecule has 0 heterocycles. The van der Waals surface area contributed by atoms with Gasteiger partial charge in [-0.1, -0.05) is 0 Å². The van der Waals surface area contributed by atoms with Gasteiger partial charge in [0, 0.05) is 0 Å². The molecule has 0 N–H and O–H groups in total. The van der Waals surface area contributed by atoms with E-state index in [-0.39, 0.29) is 41.7 Å². The van der Waals surface area contributed by atoms with Crippen LogP contribution in [-0.2, 0) is 41.8 Å². The van der Waals surface area contributed by atoms with Crippen LogP contribution in [0.25, 0.3) is 34.4 Å². The molecule has 0 spiro atoms. The molecule has 0 nitrogen and oxygen atoms in total. The van der Waals surface area contributed by atoms with Crippen LogP contribution in [0, 0.1) is 0 Å². The molecule has 2 aliphatic carbocycles. The maximum atomic E-state index is 13.8. The minimum atomic E-state index is -5.03. The fraction of sp³-hybridized carbons (Fsp3) is 0.263. The normalized spacial score (nSPS) is 17.8. The van der Waals surface area contributed by atoms with Gasteiger partial charge in [0.15, 0.2) is 0 Å². The average molecular weight is 921 g/mol. The second-order valence-electron chi connectivity index (χ2n) is 14.5. The van der Waals surface area contributed by atoms with Gasteiger partial charge in [0.25, 0.3) is 0 Å². The van der Waals surface area contributed by atoms with Crippen molar-refractivity contribution < 1.29 is 69.8 Å². The number of rotatable bonds is 4. The predicted molar refractivity (Wildman–Crippen MR) is 177 cm³/mol. The molecule has 0 aromatic heterocycles. The Bertz CT molecular complexity index is 2030. The second kappa shape index (κ2) is 12.3. The summed E-state index contributed by atoms with van der Waals surface area (Å²) in [6, 6.07) is 12.9. The number of benzene rings is 4. The molecule has 4 aromatic carbocycles. The van der Waals surface area contributed by atoms with E-state index in [2.05, 4.69) is 22.5 Å². The van der Waals surface area contributed by atoms with Crippen LogP contribution < -0.4 is 0 Å². The van der Waals surface area contributed by atoms with Gasteiger partial charge in [-0.3, -0.25) is 0 Å². The summed E-state index contributed by atoms with van der Waals surface area (Å²) in [7, 11) is 0. The van der Waals surface area contributed by atoms with E-state index >= 15 is 0 Å². The summed E-state index contributed by atoms with van der Waals surface area (Å²) in [6.07, 6.45) is -12.7. The number of fused-ring (bicyclic) bond motifs is 2. The molecule has 0 saturated heterocycles. The molecule has 0 radical (unpaired) electrons. The van der Waals surface area contributed by atoms with E-state index in [0.29, 0.717) is 35.4 Å². The molecule has 0 saturated carbocycles. The van der Waals surface area contributed by atoms with Gasteiger partial charge in [0.1, 0.15) is 0 Å². The molecule has 0 amide bonds. The Labute approximate surface area is 292 Å². The summed E-state index contributed by atoms with van der Waals surface area (Å²) in [5, 5.41) is 0. The molecular formula is C38H30F12HfSi. The molecule has 52 heavy (non-hydrogen) atoms. The topological polar surface area (TPSA) is 0 Å². The quantitative estimate of drug-likeness (QED) is 0.141. The second-order valence-corrected chi connectivity index (χ2v) is 63.4. The van der Waals surface area contributed by atoms with Gasteiger partial charge < -0.3 is 0 Å². The van der Waals surface area contributed by atoms with Crippen LogP contribution in [-0.4, -0.2) is 5.49 Å². The van der Waals surface area contributed by atoms with Crippen molar-refractivity contribution in [3.63, 3.8) is 0 Å². The van der Waals surface area contributed by atoms with Crippen molar-refractivity contribution in [2.24, 2.45) is 0 Å². The molecule has 2 unspecified atom stereocenters. The van der Waals surface area contributed by atoms with Gasteiger partial charge in [-0.05, 0) is 0 Å². The summed E-state index contributed by atoms with van der Waals surface area (Å²) in [5.74, 6) is 0. The van der Waals surface area contributed by atoms with Crippen LogP contribution >= 0.6 is 0 Å². The molecule has 0 aliphatic heterocycles. The summed E-state index contributed by atoms with van der Waals surface area (Å²) in [6.45, 7) is 4.30. The van der Waals surface area contributed by atoms with Gasteiger partial charge in [-0.15, -0.1) is 0 Å². The Kier molecular flexibility index (Phi) is 9.08. The van der Waals surface area contributed by atoms with Crippen LogP contribution in [0.15, 0.2) is 84.9 Å². The standard InChI is InChI=1S/2C17H9F6.C2H6Si.2CH3.Hf/c2*18-16(19,20)12-7-11(8-13(9-12)17(21,22)23)15-6-2-4-10-3-1-5-14(10)15;1-3-2;;;/h2*1-9H;1-2H3;2*1H3;. The Morgan fingerprint density at radius 1 is 0.481 bits per heavy atom. The van der Waals surface area contributed by atoms with Crippen molar-refractivity contribution in [2.75, 3.05) is 0 Å². The van der Waals surface area contributed by atoms with E-state index in [1.54, 1.807) is 24.3 Å². The first-order valence-corrected chi connectivity index (χ1v) is 35.3. The van der Waals surface area contributed by atoms with E-state index in [1.165, 1.54) is 12.1 Å². The summed E-state index contributed by atoms with van der Waals surface area (Å²) < 4.78 is 169. The van der Waals surface area contributed by atoms with Crippen molar-refractivity contribution in [3.05, 3.63) is 129 Å². The monoisotopic (exact) mass is 922 g/mol. The van der Waals surface area contributed by atoms with Gasteiger partial charge in [-0.25, -0.2) is 0 Å². The fourth-order valence-electron chi connectivity index (χ4n) is 7.76. The van der Waals surface area contributed by atoms with E-state index in [4.69, 9.17) is 0 Å². The zero-order chi connectivity index (χ0) is 38.4. The summed E-state index contributed by atoms with van der Waals surface area (Å²) >= 11 is -4.57. The molecule has 274 valence electrons. The number of hydrogen-bond acceptors (Lipinski definition) is 0. The van der Waals surface area contributed by atoms with Crippen LogP contribution in [0.3, 0.4) is 0 Å². The summed E-state index contributed by atoms with van der Waals surface area (Å²) in [5.41, 5.74) is -4.46. The Hall–Kier alpha value is -3.39. The molecule has 2 aliphatic rings. The van der Waals surface area contributed by atoms with E-state index < -0.39 is 69.6 Å². The number of alkyl halides is 12. The van der Waals surface area contributed by atoms with E-state index in [9.17, 15) is 52.7 Å². The molecule has 14 heteroatoms. The van der Waals surface area contributed by atoms with E-state index in [1.807, 2.05) is 24.3 Å². The Morgan fingerprint density at radius 2 is 0.788 bits per heavy atom. The van der Waals surface area contributed by atoms with Crippen molar-refractivity contribution in [2.45, 2.75) is 54.5 Å². The third-order valence-electron chi connectivity index (χ3n) is 11.1. The Morgan fingerprint density at radius 3 is 1.06 bits per heavy atom. The van der Waals surface area contributed by atoms with Gasteiger partial charge in [-0.2, -0.15) is 0 Å². The zero-order valence-corrected chi connectivity index (χ0v) is 32.5. The molecule has 2 atom stereocenters. The first-order chi connectivity index (χ1) is 23.8. The molecule has 6 rings (SSSR count). The van der Waals surface area contributed by atoms with Crippen molar-refractivity contribution >= 4 is 17.6 Å². The first-order valence-electron chi connectivity index (χ1n) is 16.0. The average Bonchev–Trinajstić information content (AvgIpc) is 3.69. The predicted octanol–water partition coefficient (Wildman–Crippen LogP) is 14.0. The van der Waals surface area contributed by atoms with Gasteiger partial charge >= 0.3 is 294 Å². The van der Waals surface area contributed by atoms with Crippen molar-refractivity contribution in [3.8, 4) is 22.3 Å². The SMILES string of the molecule is C[Si](C)=[Hf]([CH3])([CH3])([CH]1C=Cc2c(-c3cc(C(F)(F)F)cc(C(F)(F)F)c3)cccc21)[CH]1C=Cc2c(-c3cc(C(F)(F)F)cc(C(F)(F)F)c3)cccc21. The van der Waals surface area contributed by atoms with Crippen molar-refractivity contribution in [1.82, 2.24) is 0 Å². The van der Waals surface area contributed by atoms with Crippen LogP contribution in [0.5, 0.6) is 0 Å². The van der Waals surface area contributed by atoms with Gasteiger partial charge in [0.05, 0.1) is 0 Å². The zero-order valence-electron chi connectivity index (χ0n) is 27.9. The van der Waals surface area contributed by atoms with E-state index in [0.717, 1.165) is 11.1 Å². The summed E-state index contributed by atoms with van der Waals surface area (Å²) in [4.78, 5) is 0. The first kappa shape index (κ1) is 38.3.